The summed E-state index contributed by atoms with van der Waals surface area (Å²) in [7, 11) is 0. The zero-order valence-corrected chi connectivity index (χ0v) is 6.49. The molecule has 1 unspecified atom stereocenters. The van der Waals surface area contributed by atoms with E-state index in [2.05, 4.69) is 9.97 Å². The first-order valence-corrected chi connectivity index (χ1v) is 3.43. The molecule has 0 radical (unpaired) electrons. The van der Waals surface area contributed by atoms with Gasteiger partial charge in [-0.25, -0.2) is 9.97 Å². The van der Waals surface area contributed by atoms with Crippen molar-refractivity contribution in [2.75, 3.05) is 6.54 Å². The molecule has 0 saturated heterocycles. The summed E-state index contributed by atoms with van der Waals surface area (Å²) < 4.78 is 0. The first kappa shape index (κ1) is 8.10. The van der Waals surface area contributed by atoms with Crippen molar-refractivity contribution in [3.63, 3.8) is 0 Å². The van der Waals surface area contributed by atoms with Gasteiger partial charge in [-0.15, -0.1) is 0 Å². The normalized spacial score (nSPS) is 15.9. The maximum Gasteiger partial charge on any atom is 0.148 e. The average Bonchev–Trinajstić information content (AvgIpc) is 2.06. The van der Waals surface area contributed by atoms with E-state index in [4.69, 9.17) is 11.5 Å². The molecule has 0 bridgehead atoms. The molecule has 60 valence electrons. The maximum atomic E-state index is 5.79. The fourth-order valence-corrected chi connectivity index (χ4v) is 0.685. The molecule has 4 nitrogen and oxygen atoms in total. The molecular weight excluding hydrogens is 140 g/mol. The molecule has 0 aliphatic heterocycles. The van der Waals surface area contributed by atoms with Gasteiger partial charge < -0.3 is 11.5 Å². The SMILES string of the molecule is CC(N)(CN)c1ncccn1. The van der Waals surface area contributed by atoms with Crippen LogP contribution in [0, 0.1) is 0 Å². The molecule has 0 amide bonds. The van der Waals surface area contributed by atoms with E-state index in [1.165, 1.54) is 0 Å². The lowest BCUT2D eigenvalue weighted by atomic mass is 10.0. The molecule has 1 rings (SSSR count). The summed E-state index contributed by atoms with van der Waals surface area (Å²) in [5.74, 6) is 0.586. The zero-order chi connectivity index (χ0) is 8.32. The molecule has 11 heavy (non-hydrogen) atoms. The lowest BCUT2D eigenvalue weighted by Crippen LogP contribution is -2.42. The molecule has 0 spiro atoms. The summed E-state index contributed by atoms with van der Waals surface area (Å²) in [4.78, 5) is 8.01. The summed E-state index contributed by atoms with van der Waals surface area (Å²) in [6.45, 7) is 2.15. The summed E-state index contributed by atoms with van der Waals surface area (Å²) in [6, 6.07) is 1.75. The highest BCUT2D eigenvalue weighted by Crippen LogP contribution is 2.08. The number of nitrogens with zero attached hydrogens (tertiary/aromatic N) is 2. The van der Waals surface area contributed by atoms with Crippen molar-refractivity contribution in [1.82, 2.24) is 9.97 Å². The summed E-state index contributed by atoms with van der Waals surface area (Å²) in [6.07, 6.45) is 3.31. The first-order valence-electron chi connectivity index (χ1n) is 3.43. The topological polar surface area (TPSA) is 77.8 Å². The summed E-state index contributed by atoms with van der Waals surface area (Å²) >= 11 is 0. The third-order valence-corrected chi connectivity index (χ3v) is 1.50. The average molecular weight is 152 g/mol. The van der Waals surface area contributed by atoms with E-state index < -0.39 is 5.54 Å². The Morgan fingerprint density at radius 2 is 2.00 bits per heavy atom. The second-order valence-electron chi connectivity index (χ2n) is 2.69. The second kappa shape index (κ2) is 2.94. The number of hydrogen-bond acceptors (Lipinski definition) is 4. The van der Waals surface area contributed by atoms with Gasteiger partial charge >= 0.3 is 0 Å². The van der Waals surface area contributed by atoms with E-state index in [9.17, 15) is 0 Å². The lowest BCUT2D eigenvalue weighted by molar-refractivity contribution is 0.474. The Balaban J connectivity index is 2.93. The monoisotopic (exact) mass is 152 g/mol. The van der Waals surface area contributed by atoms with Gasteiger partial charge in [0.25, 0.3) is 0 Å². The minimum atomic E-state index is -0.610. The number of hydrogen-bond donors (Lipinski definition) is 2. The van der Waals surface area contributed by atoms with Crippen LogP contribution >= 0.6 is 0 Å². The highest BCUT2D eigenvalue weighted by atomic mass is 15.0. The zero-order valence-electron chi connectivity index (χ0n) is 6.49. The summed E-state index contributed by atoms with van der Waals surface area (Å²) in [5.41, 5.74) is 10.6. The van der Waals surface area contributed by atoms with Gasteiger partial charge in [-0.3, -0.25) is 0 Å². The van der Waals surface area contributed by atoms with E-state index in [0.717, 1.165) is 0 Å². The Kier molecular flexibility index (Phi) is 2.16. The molecular formula is C7H12N4. The van der Waals surface area contributed by atoms with E-state index in [1.54, 1.807) is 18.5 Å². The van der Waals surface area contributed by atoms with Crippen LogP contribution in [0.15, 0.2) is 18.5 Å². The molecule has 0 aliphatic carbocycles. The predicted octanol–water partition coefficient (Wildman–Crippen LogP) is -0.391. The van der Waals surface area contributed by atoms with Crippen LogP contribution in [0.5, 0.6) is 0 Å². The molecule has 0 aromatic carbocycles. The Morgan fingerprint density at radius 3 is 2.45 bits per heavy atom. The highest BCUT2D eigenvalue weighted by Gasteiger charge is 2.21. The Hall–Kier alpha value is -1.00. The predicted molar refractivity (Wildman–Crippen MR) is 42.6 cm³/mol. The number of nitrogens with two attached hydrogens (primary N) is 2. The number of rotatable bonds is 2. The fraction of sp³-hybridized carbons (Fsp3) is 0.429. The van der Waals surface area contributed by atoms with Gasteiger partial charge in [0.15, 0.2) is 0 Å². The van der Waals surface area contributed by atoms with Crippen molar-refractivity contribution in [2.45, 2.75) is 12.5 Å². The van der Waals surface area contributed by atoms with E-state index in [1.807, 2.05) is 6.92 Å². The molecule has 4 N–H and O–H groups in total. The van der Waals surface area contributed by atoms with Crippen LogP contribution in [0.2, 0.25) is 0 Å². The van der Waals surface area contributed by atoms with Gasteiger partial charge in [-0.2, -0.15) is 0 Å². The first-order chi connectivity index (χ1) is 5.17. The van der Waals surface area contributed by atoms with Crippen LogP contribution in [0.4, 0.5) is 0 Å². The molecule has 0 fully saturated rings. The van der Waals surface area contributed by atoms with Crippen molar-refractivity contribution in [1.29, 1.82) is 0 Å². The van der Waals surface area contributed by atoms with Crippen LogP contribution in [0.1, 0.15) is 12.7 Å². The number of aromatic nitrogens is 2. The lowest BCUT2D eigenvalue weighted by Gasteiger charge is -2.19. The Bertz CT molecular complexity index is 219. The van der Waals surface area contributed by atoms with E-state index >= 15 is 0 Å². The second-order valence-corrected chi connectivity index (χ2v) is 2.69. The van der Waals surface area contributed by atoms with Crippen LogP contribution in [-0.4, -0.2) is 16.5 Å². The Labute approximate surface area is 65.6 Å². The van der Waals surface area contributed by atoms with E-state index in [0.29, 0.717) is 12.4 Å². The smallest absolute Gasteiger partial charge is 0.148 e. The van der Waals surface area contributed by atoms with Crippen molar-refractivity contribution in [3.05, 3.63) is 24.3 Å². The van der Waals surface area contributed by atoms with Crippen LogP contribution in [-0.2, 0) is 5.54 Å². The van der Waals surface area contributed by atoms with Gasteiger partial charge in [0, 0.05) is 18.9 Å². The molecule has 0 aliphatic rings. The van der Waals surface area contributed by atoms with Gasteiger partial charge in [-0.1, -0.05) is 0 Å². The molecule has 4 heteroatoms. The van der Waals surface area contributed by atoms with Gasteiger partial charge in [-0.05, 0) is 13.0 Å². The van der Waals surface area contributed by atoms with Crippen LogP contribution in [0.3, 0.4) is 0 Å². The molecule has 1 atom stereocenters. The van der Waals surface area contributed by atoms with Crippen molar-refractivity contribution < 1.29 is 0 Å². The highest BCUT2D eigenvalue weighted by molar-refractivity contribution is 5.03. The van der Waals surface area contributed by atoms with Crippen molar-refractivity contribution in [2.24, 2.45) is 11.5 Å². The quantitative estimate of drug-likeness (QED) is 0.605. The van der Waals surface area contributed by atoms with Gasteiger partial charge in [0.05, 0.1) is 5.54 Å². The van der Waals surface area contributed by atoms with Crippen LogP contribution < -0.4 is 11.5 Å². The maximum absolute atomic E-state index is 5.79. The minimum absolute atomic E-state index is 0.344. The third kappa shape index (κ3) is 1.72. The summed E-state index contributed by atoms with van der Waals surface area (Å²) in [5, 5.41) is 0. The Morgan fingerprint density at radius 1 is 1.45 bits per heavy atom. The third-order valence-electron chi connectivity index (χ3n) is 1.50. The van der Waals surface area contributed by atoms with Gasteiger partial charge in [0.1, 0.15) is 5.82 Å². The molecule has 1 heterocycles. The minimum Gasteiger partial charge on any atom is -0.328 e. The van der Waals surface area contributed by atoms with Gasteiger partial charge in [0.2, 0.25) is 0 Å². The molecule has 0 saturated carbocycles. The fourth-order valence-electron chi connectivity index (χ4n) is 0.685. The van der Waals surface area contributed by atoms with Crippen molar-refractivity contribution >= 4 is 0 Å². The van der Waals surface area contributed by atoms with Crippen molar-refractivity contribution in [3.8, 4) is 0 Å². The standard InChI is InChI=1S/C7H12N4/c1-7(9,5-8)6-10-3-2-4-11-6/h2-4H,5,8-9H2,1H3. The largest absolute Gasteiger partial charge is 0.328 e. The van der Waals surface area contributed by atoms with Crippen LogP contribution in [0.25, 0.3) is 0 Å². The molecule has 1 aromatic rings. The molecule has 1 aromatic heterocycles. The van der Waals surface area contributed by atoms with E-state index in [-0.39, 0.29) is 0 Å².